The first-order chi connectivity index (χ1) is 10.6. The number of carboxylic acids is 1. The zero-order chi connectivity index (χ0) is 17.4. The first kappa shape index (κ1) is 17.2. The van der Waals surface area contributed by atoms with Gasteiger partial charge in [0.25, 0.3) is 5.91 Å². The predicted molar refractivity (Wildman–Crippen MR) is 72.3 cm³/mol. The van der Waals surface area contributed by atoms with Gasteiger partial charge in [-0.25, -0.2) is 4.39 Å². The Morgan fingerprint density at radius 2 is 1.96 bits per heavy atom. The summed E-state index contributed by atoms with van der Waals surface area (Å²) < 4.78 is 51.5. The van der Waals surface area contributed by atoms with E-state index >= 15 is 0 Å². The van der Waals surface area contributed by atoms with Crippen LogP contribution in [-0.2, 0) is 11.0 Å². The zero-order valence-electron chi connectivity index (χ0n) is 12.2. The summed E-state index contributed by atoms with van der Waals surface area (Å²) in [7, 11) is 0. The van der Waals surface area contributed by atoms with Gasteiger partial charge in [0.2, 0.25) is 0 Å². The minimum Gasteiger partial charge on any atom is -0.481 e. The summed E-state index contributed by atoms with van der Waals surface area (Å²) >= 11 is 0. The minimum atomic E-state index is -4.91. The number of carbonyl (C=O) groups excluding carboxylic acids is 1. The van der Waals surface area contributed by atoms with Crippen molar-refractivity contribution in [1.82, 2.24) is 4.90 Å². The molecule has 126 valence electrons. The smallest absolute Gasteiger partial charge is 0.419 e. The summed E-state index contributed by atoms with van der Waals surface area (Å²) in [5.41, 5.74) is -1.82. The average Bonchev–Trinajstić information content (AvgIpc) is 2.45. The molecule has 0 unspecified atom stereocenters. The van der Waals surface area contributed by atoms with Crippen LogP contribution in [-0.4, -0.2) is 34.5 Å². The van der Waals surface area contributed by atoms with E-state index in [-0.39, 0.29) is 12.1 Å². The normalized spacial score (nSPS) is 22.0. The van der Waals surface area contributed by atoms with E-state index in [1.165, 1.54) is 4.90 Å². The van der Waals surface area contributed by atoms with Crippen LogP contribution in [0.5, 0.6) is 0 Å². The Hall–Kier alpha value is -2.12. The van der Waals surface area contributed by atoms with E-state index in [4.69, 9.17) is 5.11 Å². The summed E-state index contributed by atoms with van der Waals surface area (Å²) in [6.45, 7) is 1.80. The maximum Gasteiger partial charge on any atom is 0.419 e. The second-order valence-electron chi connectivity index (χ2n) is 5.52. The maximum atomic E-state index is 13.3. The van der Waals surface area contributed by atoms with Crippen LogP contribution in [0.25, 0.3) is 0 Å². The van der Waals surface area contributed by atoms with Crippen molar-refractivity contribution in [3.8, 4) is 0 Å². The van der Waals surface area contributed by atoms with Gasteiger partial charge in [-0.3, -0.25) is 9.59 Å². The molecule has 1 amide bonds. The van der Waals surface area contributed by atoms with Crippen LogP contribution in [0.1, 0.15) is 35.7 Å². The molecule has 1 aromatic carbocycles. The van der Waals surface area contributed by atoms with E-state index in [1.54, 1.807) is 6.92 Å². The van der Waals surface area contributed by atoms with Crippen molar-refractivity contribution < 1.29 is 32.3 Å². The second-order valence-corrected chi connectivity index (χ2v) is 5.52. The van der Waals surface area contributed by atoms with Gasteiger partial charge in [-0.1, -0.05) is 0 Å². The summed E-state index contributed by atoms with van der Waals surface area (Å²) in [5.74, 6) is -4.00. The molecule has 0 spiro atoms. The largest absolute Gasteiger partial charge is 0.481 e. The molecule has 1 N–H and O–H groups in total. The highest BCUT2D eigenvalue weighted by Crippen LogP contribution is 2.33. The molecule has 0 saturated carbocycles. The Morgan fingerprint density at radius 1 is 1.30 bits per heavy atom. The third kappa shape index (κ3) is 3.46. The molecule has 0 radical (unpaired) electrons. The summed E-state index contributed by atoms with van der Waals surface area (Å²) in [4.78, 5) is 24.8. The molecule has 23 heavy (non-hydrogen) atoms. The van der Waals surface area contributed by atoms with E-state index in [0.717, 1.165) is 6.07 Å². The number of likely N-dealkylation sites (tertiary alicyclic amines) is 1. The number of hydrogen-bond donors (Lipinski definition) is 1. The molecule has 4 nitrogen and oxygen atoms in total. The second kappa shape index (κ2) is 6.17. The predicted octanol–water partition coefficient (Wildman–Crippen LogP) is 3.17. The molecule has 1 aliphatic heterocycles. The van der Waals surface area contributed by atoms with Crippen molar-refractivity contribution in [3.63, 3.8) is 0 Å². The number of aliphatic carboxylic acids is 1. The lowest BCUT2D eigenvalue weighted by Crippen LogP contribution is -2.49. The molecule has 1 saturated heterocycles. The van der Waals surface area contributed by atoms with Gasteiger partial charge in [-0.2, -0.15) is 13.2 Å². The number of nitrogens with zero attached hydrogens (tertiary/aromatic N) is 1. The topological polar surface area (TPSA) is 57.6 Å². The number of alkyl halides is 3. The Balaban J connectivity index is 2.32. The highest BCUT2D eigenvalue weighted by molar-refractivity contribution is 5.95. The van der Waals surface area contributed by atoms with Crippen LogP contribution < -0.4 is 0 Å². The third-order valence-corrected chi connectivity index (χ3v) is 4.08. The fraction of sp³-hybridized carbons (Fsp3) is 0.467. The van der Waals surface area contributed by atoms with E-state index in [1.807, 2.05) is 0 Å². The van der Waals surface area contributed by atoms with Gasteiger partial charge >= 0.3 is 12.1 Å². The van der Waals surface area contributed by atoms with Gasteiger partial charge in [0.15, 0.2) is 0 Å². The number of benzene rings is 1. The molecule has 1 aliphatic rings. The lowest BCUT2D eigenvalue weighted by molar-refractivity contribution is -0.145. The summed E-state index contributed by atoms with van der Waals surface area (Å²) in [5, 5.41) is 9.13. The third-order valence-electron chi connectivity index (χ3n) is 4.08. The lowest BCUT2D eigenvalue weighted by atomic mass is 9.89. The van der Waals surface area contributed by atoms with Crippen molar-refractivity contribution in [2.45, 2.75) is 32.0 Å². The van der Waals surface area contributed by atoms with Crippen LogP contribution in [0.4, 0.5) is 17.6 Å². The number of hydrogen-bond acceptors (Lipinski definition) is 2. The summed E-state index contributed by atoms with van der Waals surface area (Å²) in [6.07, 6.45) is -4.06. The quantitative estimate of drug-likeness (QED) is 0.846. The number of carbonyl (C=O) groups is 2. The molecule has 1 aromatic rings. The van der Waals surface area contributed by atoms with Gasteiger partial charge in [0.05, 0.1) is 11.5 Å². The molecule has 0 bridgehead atoms. The van der Waals surface area contributed by atoms with Gasteiger partial charge in [0.1, 0.15) is 5.82 Å². The first-order valence-corrected chi connectivity index (χ1v) is 7.03. The molecular weight excluding hydrogens is 318 g/mol. The monoisotopic (exact) mass is 333 g/mol. The molecule has 8 heteroatoms. The van der Waals surface area contributed by atoms with Crippen molar-refractivity contribution in [1.29, 1.82) is 0 Å². The van der Waals surface area contributed by atoms with Gasteiger partial charge in [0, 0.05) is 18.2 Å². The van der Waals surface area contributed by atoms with Crippen LogP contribution in [0, 0.1) is 11.7 Å². The average molecular weight is 333 g/mol. The standard InChI is InChI=1S/C15H15F4NO3/c1-8-10(14(22)23)3-2-6-20(8)13(21)9-4-5-12(16)11(7-9)15(17,18)19/h4-5,7-8,10H,2-3,6H2,1H3,(H,22,23)/t8-,10-/m1/s1. The van der Waals surface area contributed by atoms with Gasteiger partial charge in [-0.05, 0) is 38.0 Å². The fourth-order valence-corrected chi connectivity index (χ4v) is 2.80. The Kier molecular flexibility index (Phi) is 4.63. The zero-order valence-corrected chi connectivity index (χ0v) is 12.2. The number of halogens is 4. The maximum absolute atomic E-state index is 13.3. The number of rotatable bonds is 2. The van der Waals surface area contributed by atoms with E-state index < -0.39 is 41.4 Å². The van der Waals surface area contributed by atoms with Crippen LogP contribution in [0.15, 0.2) is 18.2 Å². The van der Waals surface area contributed by atoms with Crippen LogP contribution >= 0.6 is 0 Å². The molecule has 1 heterocycles. The van der Waals surface area contributed by atoms with E-state index in [2.05, 4.69) is 0 Å². The number of piperidine rings is 1. The van der Waals surface area contributed by atoms with Crippen molar-refractivity contribution in [2.24, 2.45) is 5.92 Å². The Morgan fingerprint density at radius 3 is 2.52 bits per heavy atom. The molecular formula is C15H15F4NO3. The molecule has 0 aromatic heterocycles. The van der Waals surface area contributed by atoms with E-state index in [9.17, 15) is 27.2 Å². The summed E-state index contributed by atoms with van der Waals surface area (Å²) in [6, 6.07) is 1.39. The van der Waals surface area contributed by atoms with Crippen molar-refractivity contribution in [3.05, 3.63) is 35.1 Å². The molecule has 1 fully saturated rings. The number of amides is 1. The van der Waals surface area contributed by atoms with Crippen molar-refractivity contribution >= 4 is 11.9 Å². The van der Waals surface area contributed by atoms with E-state index in [0.29, 0.717) is 25.0 Å². The Bertz CT molecular complexity index is 630. The lowest BCUT2D eigenvalue weighted by Gasteiger charge is -2.37. The highest BCUT2D eigenvalue weighted by Gasteiger charge is 2.38. The van der Waals surface area contributed by atoms with Gasteiger partial charge in [-0.15, -0.1) is 0 Å². The molecule has 0 aliphatic carbocycles. The number of carboxylic acid groups (broad SMARTS) is 1. The highest BCUT2D eigenvalue weighted by atomic mass is 19.4. The Labute approximate surface area is 129 Å². The minimum absolute atomic E-state index is 0.252. The van der Waals surface area contributed by atoms with Crippen LogP contribution in [0.3, 0.4) is 0 Å². The first-order valence-electron chi connectivity index (χ1n) is 7.03. The molecule has 2 atom stereocenters. The SMILES string of the molecule is C[C@@H]1[C@H](C(=O)O)CCCN1C(=O)c1ccc(F)c(C(F)(F)F)c1. The van der Waals surface area contributed by atoms with Gasteiger partial charge < -0.3 is 10.0 Å². The molecule has 2 rings (SSSR count). The van der Waals surface area contributed by atoms with Crippen LogP contribution in [0.2, 0.25) is 0 Å². The van der Waals surface area contributed by atoms with Crippen molar-refractivity contribution in [2.75, 3.05) is 6.54 Å². The fourth-order valence-electron chi connectivity index (χ4n) is 2.80.